The third-order valence-electron chi connectivity index (χ3n) is 4.49. The monoisotopic (exact) mass is 380 g/mol. The van der Waals surface area contributed by atoms with Crippen molar-refractivity contribution >= 4 is 11.5 Å². The number of piperazine rings is 1. The number of benzene rings is 1. The van der Waals surface area contributed by atoms with Crippen LogP contribution in [0.25, 0.3) is 5.65 Å². The number of alkyl halides is 3. The molecule has 0 N–H and O–H groups in total. The molecule has 10 heteroatoms. The summed E-state index contributed by atoms with van der Waals surface area (Å²) in [5.74, 6) is -0.958. The zero-order valence-corrected chi connectivity index (χ0v) is 14.2. The van der Waals surface area contributed by atoms with Gasteiger partial charge in [-0.2, -0.15) is 17.7 Å². The fourth-order valence-electron chi connectivity index (χ4n) is 3.15. The Morgan fingerprint density at radius 1 is 0.963 bits per heavy atom. The zero-order valence-electron chi connectivity index (χ0n) is 14.2. The van der Waals surface area contributed by atoms with Gasteiger partial charge in [0.05, 0.1) is 0 Å². The lowest BCUT2D eigenvalue weighted by Gasteiger charge is -2.35. The molecule has 2 aromatic heterocycles. The minimum absolute atomic E-state index is 0.0517. The van der Waals surface area contributed by atoms with E-state index in [-0.39, 0.29) is 11.5 Å². The second-order valence-electron chi connectivity index (χ2n) is 6.38. The van der Waals surface area contributed by atoms with E-state index in [0.29, 0.717) is 38.5 Å². The Bertz CT molecular complexity index is 946. The van der Waals surface area contributed by atoms with Crippen molar-refractivity contribution in [3.63, 3.8) is 0 Å². The molecule has 1 fully saturated rings. The van der Waals surface area contributed by atoms with E-state index in [4.69, 9.17) is 0 Å². The third kappa shape index (κ3) is 3.70. The van der Waals surface area contributed by atoms with Crippen molar-refractivity contribution in [3.8, 4) is 0 Å². The summed E-state index contributed by atoms with van der Waals surface area (Å²) in [5.41, 5.74) is 0.943. The number of fused-ring (bicyclic) bond motifs is 1. The molecule has 142 valence electrons. The van der Waals surface area contributed by atoms with Crippen LogP contribution in [-0.2, 0) is 12.7 Å². The van der Waals surface area contributed by atoms with Gasteiger partial charge in [0.25, 0.3) is 5.82 Å². The van der Waals surface area contributed by atoms with Crippen LogP contribution < -0.4 is 4.90 Å². The fraction of sp³-hybridized carbons (Fsp3) is 0.353. The lowest BCUT2D eigenvalue weighted by atomic mass is 10.2. The van der Waals surface area contributed by atoms with Crippen molar-refractivity contribution in [2.75, 3.05) is 31.1 Å². The number of aromatic nitrogens is 4. The minimum Gasteiger partial charge on any atom is -0.353 e. The number of hydrogen-bond donors (Lipinski definition) is 0. The highest BCUT2D eigenvalue weighted by Gasteiger charge is 2.37. The van der Waals surface area contributed by atoms with E-state index in [9.17, 15) is 17.6 Å². The van der Waals surface area contributed by atoms with Crippen LogP contribution in [0.3, 0.4) is 0 Å². The SMILES string of the molecule is Fc1cccc(CN2CCN(c3ccc4nnc(C(F)(F)F)n4n3)CC2)c1. The number of halogens is 4. The van der Waals surface area contributed by atoms with Crippen molar-refractivity contribution in [1.29, 1.82) is 0 Å². The highest BCUT2D eigenvalue weighted by atomic mass is 19.4. The van der Waals surface area contributed by atoms with Gasteiger partial charge in [0.2, 0.25) is 0 Å². The summed E-state index contributed by atoms with van der Waals surface area (Å²) in [6.45, 7) is 3.24. The van der Waals surface area contributed by atoms with Crippen LogP contribution in [0.15, 0.2) is 36.4 Å². The van der Waals surface area contributed by atoms with Crippen molar-refractivity contribution < 1.29 is 17.6 Å². The van der Waals surface area contributed by atoms with Crippen LogP contribution in [-0.4, -0.2) is 50.9 Å². The number of nitrogens with zero attached hydrogens (tertiary/aromatic N) is 6. The van der Waals surface area contributed by atoms with Gasteiger partial charge in [0, 0.05) is 32.7 Å². The molecule has 0 aliphatic carbocycles. The second-order valence-corrected chi connectivity index (χ2v) is 6.38. The first-order valence-electron chi connectivity index (χ1n) is 8.41. The van der Waals surface area contributed by atoms with Gasteiger partial charge in [-0.15, -0.1) is 15.3 Å². The molecule has 3 aromatic rings. The molecule has 4 rings (SSSR count). The molecule has 0 spiro atoms. The van der Waals surface area contributed by atoms with Gasteiger partial charge >= 0.3 is 6.18 Å². The molecule has 0 saturated carbocycles. The van der Waals surface area contributed by atoms with Crippen LogP contribution in [0.1, 0.15) is 11.4 Å². The molecule has 3 heterocycles. The summed E-state index contributed by atoms with van der Waals surface area (Å²) < 4.78 is 53.0. The summed E-state index contributed by atoms with van der Waals surface area (Å²) in [4.78, 5) is 4.09. The molecule has 0 atom stereocenters. The number of rotatable bonds is 3. The van der Waals surface area contributed by atoms with Crippen LogP contribution in [0, 0.1) is 5.82 Å². The molecule has 1 saturated heterocycles. The summed E-state index contributed by atoms with van der Waals surface area (Å²) in [5, 5.41) is 10.8. The standard InChI is InChI=1S/C17H16F4N6/c18-13-3-1-2-12(10-13)11-25-6-8-26(9-7-25)15-5-4-14-22-23-16(17(19,20)21)27(14)24-15/h1-5,10H,6-9,11H2. The second kappa shape index (κ2) is 6.76. The largest absolute Gasteiger partial charge is 0.453 e. The molecule has 0 unspecified atom stereocenters. The first-order valence-corrected chi connectivity index (χ1v) is 8.41. The molecule has 0 radical (unpaired) electrons. The highest BCUT2D eigenvalue weighted by Crippen LogP contribution is 2.28. The molecular weight excluding hydrogens is 364 g/mol. The normalized spacial score (nSPS) is 16.2. The fourth-order valence-corrected chi connectivity index (χ4v) is 3.15. The van der Waals surface area contributed by atoms with Crippen molar-refractivity contribution in [1.82, 2.24) is 24.7 Å². The first kappa shape index (κ1) is 17.7. The number of hydrogen-bond acceptors (Lipinski definition) is 5. The van der Waals surface area contributed by atoms with E-state index in [1.807, 2.05) is 11.0 Å². The predicted molar refractivity (Wildman–Crippen MR) is 89.7 cm³/mol. The van der Waals surface area contributed by atoms with Crippen molar-refractivity contribution in [2.24, 2.45) is 0 Å². The van der Waals surface area contributed by atoms with Gasteiger partial charge in [-0.3, -0.25) is 4.90 Å². The van der Waals surface area contributed by atoms with Gasteiger partial charge in [-0.25, -0.2) is 4.39 Å². The van der Waals surface area contributed by atoms with Gasteiger partial charge in [0.1, 0.15) is 11.6 Å². The smallest absolute Gasteiger partial charge is 0.353 e. The zero-order chi connectivity index (χ0) is 19.0. The molecular formula is C17H16F4N6. The first-order chi connectivity index (χ1) is 12.9. The lowest BCUT2D eigenvalue weighted by molar-refractivity contribution is -0.146. The van der Waals surface area contributed by atoms with Gasteiger partial charge in [-0.1, -0.05) is 12.1 Å². The van der Waals surface area contributed by atoms with Crippen LogP contribution >= 0.6 is 0 Å². The van der Waals surface area contributed by atoms with Gasteiger partial charge in [-0.05, 0) is 29.8 Å². The third-order valence-corrected chi connectivity index (χ3v) is 4.49. The van der Waals surface area contributed by atoms with E-state index >= 15 is 0 Å². The van der Waals surface area contributed by atoms with E-state index < -0.39 is 12.0 Å². The van der Waals surface area contributed by atoms with E-state index in [2.05, 4.69) is 20.2 Å². The highest BCUT2D eigenvalue weighted by molar-refractivity contribution is 5.46. The average Bonchev–Trinajstić information content (AvgIpc) is 3.06. The summed E-state index contributed by atoms with van der Waals surface area (Å²) in [6, 6.07) is 9.58. The molecule has 1 aliphatic heterocycles. The maximum atomic E-state index is 13.3. The lowest BCUT2D eigenvalue weighted by Crippen LogP contribution is -2.46. The van der Waals surface area contributed by atoms with E-state index in [1.165, 1.54) is 18.2 Å². The maximum Gasteiger partial charge on any atom is 0.453 e. The number of anilines is 1. The maximum absolute atomic E-state index is 13.3. The predicted octanol–water partition coefficient (Wildman–Crippen LogP) is 2.60. The Kier molecular flexibility index (Phi) is 4.42. The molecule has 0 bridgehead atoms. The quantitative estimate of drug-likeness (QED) is 0.654. The van der Waals surface area contributed by atoms with E-state index in [1.54, 1.807) is 12.1 Å². The minimum atomic E-state index is -4.62. The molecule has 6 nitrogen and oxygen atoms in total. The molecule has 0 amide bonds. The average molecular weight is 380 g/mol. The Morgan fingerprint density at radius 3 is 2.44 bits per heavy atom. The Morgan fingerprint density at radius 2 is 1.74 bits per heavy atom. The van der Waals surface area contributed by atoms with Crippen molar-refractivity contribution in [3.05, 3.63) is 53.6 Å². The summed E-state index contributed by atoms with van der Waals surface area (Å²) in [7, 11) is 0. The molecule has 1 aromatic carbocycles. The van der Waals surface area contributed by atoms with Crippen LogP contribution in [0.4, 0.5) is 23.4 Å². The van der Waals surface area contributed by atoms with Crippen molar-refractivity contribution in [2.45, 2.75) is 12.7 Å². The van der Waals surface area contributed by atoms with Crippen LogP contribution in [0.5, 0.6) is 0 Å². The Hall–Kier alpha value is -2.75. The van der Waals surface area contributed by atoms with Gasteiger partial charge in [0.15, 0.2) is 5.65 Å². The topological polar surface area (TPSA) is 49.6 Å². The molecule has 1 aliphatic rings. The Labute approximate surface area is 152 Å². The summed E-state index contributed by atoms with van der Waals surface area (Å²) >= 11 is 0. The molecule has 27 heavy (non-hydrogen) atoms. The van der Waals surface area contributed by atoms with Gasteiger partial charge < -0.3 is 4.90 Å². The van der Waals surface area contributed by atoms with E-state index in [0.717, 1.165) is 10.1 Å². The van der Waals surface area contributed by atoms with Crippen LogP contribution in [0.2, 0.25) is 0 Å². The Balaban J connectivity index is 1.46. The summed E-state index contributed by atoms with van der Waals surface area (Å²) in [6.07, 6.45) is -4.62.